The van der Waals surface area contributed by atoms with Crippen LogP contribution >= 0.6 is 0 Å². The fraction of sp³-hybridized carbons (Fsp3) is 0.421. The first-order valence-corrected chi connectivity index (χ1v) is 8.58. The Labute approximate surface area is 143 Å². The van der Waals surface area contributed by atoms with Crippen molar-refractivity contribution in [2.24, 2.45) is 0 Å². The minimum atomic E-state index is 0.149. The quantitative estimate of drug-likeness (QED) is 0.830. The predicted molar refractivity (Wildman–Crippen MR) is 93.2 cm³/mol. The smallest absolute Gasteiger partial charge is 0.222 e. The zero-order valence-electron chi connectivity index (χ0n) is 14.1. The van der Waals surface area contributed by atoms with Crippen molar-refractivity contribution < 1.29 is 4.79 Å². The predicted octanol–water partition coefficient (Wildman–Crippen LogP) is 2.49. The number of benzene rings is 1. The first-order chi connectivity index (χ1) is 11.7. The fourth-order valence-electron chi connectivity index (χ4n) is 3.06. The summed E-state index contributed by atoms with van der Waals surface area (Å²) in [5.74, 6) is 0.249. The van der Waals surface area contributed by atoms with Gasteiger partial charge in [-0.1, -0.05) is 24.3 Å². The van der Waals surface area contributed by atoms with Gasteiger partial charge in [0.15, 0.2) is 0 Å². The molecule has 0 aliphatic carbocycles. The Morgan fingerprint density at radius 3 is 2.92 bits per heavy atom. The summed E-state index contributed by atoms with van der Waals surface area (Å²) in [7, 11) is 0. The van der Waals surface area contributed by atoms with Crippen molar-refractivity contribution in [3.8, 4) is 0 Å². The molecule has 2 aromatic rings. The molecule has 24 heavy (non-hydrogen) atoms. The lowest BCUT2D eigenvalue weighted by Crippen LogP contribution is -2.36. The van der Waals surface area contributed by atoms with E-state index in [1.165, 1.54) is 11.1 Å². The SMILES string of the molecule is CC(NCCCC(=O)N1CCc2ccccc2C1)c1cnccn1. The van der Waals surface area contributed by atoms with Crippen molar-refractivity contribution in [3.63, 3.8) is 0 Å². The molecule has 1 aliphatic heterocycles. The van der Waals surface area contributed by atoms with E-state index in [1.807, 2.05) is 11.0 Å². The number of carbonyl (C=O) groups excluding carboxylic acids is 1. The number of aromatic nitrogens is 2. The lowest BCUT2D eigenvalue weighted by Gasteiger charge is -2.29. The number of rotatable bonds is 6. The van der Waals surface area contributed by atoms with Gasteiger partial charge in [0, 0.05) is 44.1 Å². The van der Waals surface area contributed by atoms with Crippen molar-refractivity contribution in [3.05, 3.63) is 59.7 Å². The second kappa shape index (κ2) is 8.02. The van der Waals surface area contributed by atoms with Gasteiger partial charge in [-0.3, -0.25) is 14.8 Å². The van der Waals surface area contributed by atoms with E-state index in [2.05, 4.69) is 40.4 Å². The molecule has 0 radical (unpaired) electrons. The first-order valence-electron chi connectivity index (χ1n) is 8.58. The molecule has 5 nitrogen and oxygen atoms in total. The monoisotopic (exact) mass is 324 g/mol. The van der Waals surface area contributed by atoms with E-state index < -0.39 is 0 Å². The molecule has 1 aliphatic rings. The summed E-state index contributed by atoms with van der Waals surface area (Å²) in [6.45, 7) is 4.44. The third kappa shape index (κ3) is 4.17. The average molecular weight is 324 g/mol. The maximum Gasteiger partial charge on any atom is 0.222 e. The Bertz CT molecular complexity index is 674. The Balaban J connectivity index is 1.40. The van der Waals surface area contributed by atoms with Crippen LogP contribution in [0.25, 0.3) is 0 Å². The van der Waals surface area contributed by atoms with Crippen LogP contribution in [-0.4, -0.2) is 33.9 Å². The zero-order valence-corrected chi connectivity index (χ0v) is 14.1. The average Bonchev–Trinajstić information content (AvgIpc) is 2.65. The second-order valence-corrected chi connectivity index (χ2v) is 6.24. The molecule has 1 N–H and O–H groups in total. The van der Waals surface area contributed by atoms with Crippen LogP contribution < -0.4 is 5.32 Å². The molecule has 1 amide bonds. The Morgan fingerprint density at radius 1 is 1.29 bits per heavy atom. The van der Waals surface area contributed by atoms with Crippen LogP contribution in [0.3, 0.4) is 0 Å². The van der Waals surface area contributed by atoms with Gasteiger partial charge in [0.2, 0.25) is 5.91 Å². The number of hydrogen-bond acceptors (Lipinski definition) is 4. The Kier molecular flexibility index (Phi) is 5.54. The molecule has 0 spiro atoms. The Morgan fingerprint density at radius 2 is 2.12 bits per heavy atom. The number of nitrogens with one attached hydrogen (secondary N) is 1. The van der Waals surface area contributed by atoms with E-state index in [0.717, 1.165) is 38.2 Å². The van der Waals surface area contributed by atoms with Gasteiger partial charge in [-0.25, -0.2) is 0 Å². The third-order valence-electron chi connectivity index (χ3n) is 4.53. The van der Waals surface area contributed by atoms with Crippen LogP contribution in [-0.2, 0) is 17.8 Å². The lowest BCUT2D eigenvalue weighted by atomic mass is 9.99. The van der Waals surface area contributed by atoms with Crippen molar-refractivity contribution in [2.75, 3.05) is 13.1 Å². The minimum absolute atomic E-state index is 0.149. The highest BCUT2D eigenvalue weighted by Gasteiger charge is 2.19. The standard InChI is InChI=1S/C19H24N4O/c1-15(18-13-20-10-11-22-18)21-9-4-7-19(24)23-12-8-16-5-2-3-6-17(16)14-23/h2-3,5-6,10-11,13,15,21H,4,7-9,12,14H2,1H3. The molecule has 0 fully saturated rings. The van der Waals surface area contributed by atoms with E-state index in [0.29, 0.717) is 6.42 Å². The van der Waals surface area contributed by atoms with Crippen molar-refractivity contribution in [1.82, 2.24) is 20.2 Å². The number of carbonyl (C=O) groups is 1. The number of amides is 1. The maximum absolute atomic E-state index is 12.4. The highest BCUT2D eigenvalue weighted by molar-refractivity contribution is 5.76. The van der Waals surface area contributed by atoms with Gasteiger partial charge in [-0.15, -0.1) is 0 Å². The summed E-state index contributed by atoms with van der Waals surface area (Å²) >= 11 is 0. The summed E-state index contributed by atoms with van der Waals surface area (Å²) in [6, 6.07) is 8.55. The van der Waals surface area contributed by atoms with Crippen molar-refractivity contribution >= 4 is 5.91 Å². The van der Waals surface area contributed by atoms with Gasteiger partial charge in [0.05, 0.1) is 5.69 Å². The highest BCUT2D eigenvalue weighted by atomic mass is 16.2. The Hall–Kier alpha value is -2.27. The maximum atomic E-state index is 12.4. The topological polar surface area (TPSA) is 58.1 Å². The van der Waals surface area contributed by atoms with Crippen molar-refractivity contribution in [1.29, 1.82) is 0 Å². The number of fused-ring (bicyclic) bond motifs is 1. The molecule has 0 saturated heterocycles. The van der Waals surface area contributed by atoms with Gasteiger partial charge in [-0.2, -0.15) is 0 Å². The summed E-state index contributed by atoms with van der Waals surface area (Å²) < 4.78 is 0. The molecule has 1 aromatic heterocycles. The summed E-state index contributed by atoms with van der Waals surface area (Å²) in [4.78, 5) is 22.7. The largest absolute Gasteiger partial charge is 0.338 e. The van der Waals surface area contributed by atoms with Gasteiger partial charge < -0.3 is 10.2 Å². The van der Waals surface area contributed by atoms with E-state index in [4.69, 9.17) is 0 Å². The van der Waals surface area contributed by atoms with E-state index in [9.17, 15) is 4.79 Å². The lowest BCUT2D eigenvalue weighted by molar-refractivity contribution is -0.132. The summed E-state index contributed by atoms with van der Waals surface area (Å²) in [6.07, 6.45) is 7.53. The van der Waals surface area contributed by atoms with E-state index in [-0.39, 0.29) is 11.9 Å². The van der Waals surface area contributed by atoms with Crippen LogP contribution in [0.15, 0.2) is 42.9 Å². The van der Waals surface area contributed by atoms with Crippen LogP contribution in [0.1, 0.15) is 42.6 Å². The van der Waals surface area contributed by atoms with E-state index in [1.54, 1.807) is 18.6 Å². The fourth-order valence-corrected chi connectivity index (χ4v) is 3.06. The van der Waals surface area contributed by atoms with Crippen molar-refractivity contribution in [2.45, 2.75) is 38.8 Å². The molecule has 3 rings (SSSR count). The molecular formula is C19H24N4O. The third-order valence-corrected chi connectivity index (χ3v) is 4.53. The molecule has 2 heterocycles. The molecule has 1 unspecified atom stereocenters. The molecular weight excluding hydrogens is 300 g/mol. The number of hydrogen-bond donors (Lipinski definition) is 1. The first kappa shape index (κ1) is 16.6. The van der Waals surface area contributed by atoms with Gasteiger partial charge in [0.25, 0.3) is 0 Å². The molecule has 1 atom stereocenters. The zero-order chi connectivity index (χ0) is 16.8. The van der Waals surface area contributed by atoms with Gasteiger partial charge >= 0.3 is 0 Å². The second-order valence-electron chi connectivity index (χ2n) is 6.24. The van der Waals surface area contributed by atoms with Crippen LogP contribution in [0.2, 0.25) is 0 Å². The summed E-state index contributed by atoms with van der Waals surface area (Å²) in [5.41, 5.74) is 3.59. The normalized spacial score (nSPS) is 15.0. The molecule has 1 aromatic carbocycles. The van der Waals surface area contributed by atoms with Crippen LogP contribution in [0, 0.1) is 0 Å². The summed E-state index contributed by atoms with van der Waals surface area (Å²) in [5, 5.41) is 3.40. The number of nitrogens with zero attached hydrogens (tertiary/aromatic N) is 3. The van der Waals surface area contributed by atoms with Gasteiger partial charge in [0.1, 0.15) is 0 Å². The van der Waals surface area contributed by atoms with Crippen LogP contribution in [0.5, 0.6) is 0 Å². The van der Waals surface area contributed by atoms with Crippen LogP contribution in [0.4, 0.5) is 0 Å². The van der Waals surface area contributed by atoms with Gasteiger partial charge in [-0.05, 0) is 37.4 Å². The molecule has 0 bridgehead atoms. The molecule has 0 saturated carbocycles. The highest BCUT2D eigenvalue weighted by Crippen LogP contribution is 2.19. The van der Waals surface area contributed by atoms with E-state index >= 15 is 0 Å². The molecule has 126 valence electrons. The molecule has 5 heteroatoms. The minimum Gasteiger partial charge on any atom is -0.338 e.